The van der Waals surface area contributed by atoms with E-state index >= 15 is 0 Å². The summed E-state index contributed by atoms with van der Waals surface area (Å²) in [6.07, 6.45) is 12.7. The third kappa shape index (κ3) is 7.95. The number of anilines is 1. The van der Waals surface area contributed by atoms with Gasteiger partial charge in [0.2, 0.25) is 0 Å². The maximum atomic E-state index is 13.8. The Balaban J connectivity index is 1.06. The minimum absolute atomic E-state index is 0.247. The van der Waals surface area contributed by atoms with Crippen molar-refractivity contribution < 1.29 is 9.13 Å². The summed E-state index contributed by atoms with van der Waals surface area (Å²) < 4.78 is 22.2. The molecule has 1 heterocycles. The predicted molar refractivity (Wildman–Crippen MR) is 217 cm³/mol. The molecule has 0 aliphatic heterocycles. The zero-order chi connectivity index (χ0) is 36.2. The van der Waals surface area contributed by atoms with Gasteiger partial charge in [-0.05, 0) is 140 Å². The van der Waals surface area contributed by atoms with Crippen molar-refractivity contribution in [2.75, 3.05) is 32.1 Å². The van der Waals surface area contributed by atoms with Crippen molar-refractivity contribution in [3.63, 3.8) is 0 Å². The number of ether oxygens (including phenoxy) is 1. The van der Waals surface area contributed by atoms with Gasteiger partial charge >= 0.3 is 0 Å². The average molecular weight is 693 g/mol. The van der Waals surface area contributed by atoms with E-state index in [2.05, 4.69) is 109 Å². The van der Waals surface area contributed by atoms with Gasteiger partial charge in [0.25, 0.3) is 0 Å². The number of aryl methyl sites for hydroxylation is 2. The van der Waals surface area contributed by atoms with Crippen LogP contribution in [0.4, 0.5) is 10.1 Å². The van der Waals surface area contributed by atoms with E-state index in [-0.39, 0.29) is 5.82 Å². The second kappa shape index (κ2) is 15.8. The van der Waals surface area contributed by atoms with Crippen molar-refractivity contribution in [3.8, 4) is 16.9 Å². The van der Waals surface area contributed by atoms with E-state index in [1.165, 1.54) is 74.2 Å². The smallest absolute Gasteiger partial charge is 0.129 e. The molecular formula is C47H51FN3O. The number of allylic oxidation sites excluding steroid dienone is 3. The van der Waals surface area contributed by atoms with Crippen molar-refractivity contribution in [1.82, 2.24) is 9.47 Å². The van der Waals surface area contributed by atoms with Gasteiger partial charge < -0.3 is 19.5 Å². The zero-order valence-electron chi connectivity index (χ0n) is 31.2. The Morgan fingerprint density at radius 2 is 1.69 bits per heavy atom. The average Bonchev–Trinajstić information content (AvgIpc) is 4.10. The van der Waals surface area contributed by atoms with Gasteiger partial charge in [-0.25, -0.2) is 4.39 Å². The summed E-state index contributed by atoms with van der Waals surface area (Å²) in [5.41, 5.74) is 15.7. The number of aromatic nitrogens is 1. The first kappa shape index (κ1) is 35.5. The van der Waals surface area contributed by atoms with Gasteiger partial charge in [0.05, 0.1) is 7.11 Å². The normalized spacial score (nSPS) is 13.4. The van der Waals surface area contributed by atoms with Crippen molar-refractivity contribution in [2.45, 2.75) is 65.8 Å². The van der Waals surface area contributed by atoms with E-state index in [0.717, 1.165) is 86.4 Å². The van der Waals surface area contributed by atoms with Crippen molar-refractivity contribution >= 4 is 27.9 Å². The largest absolute Gasteiger partial charge is 0.496 e. The van der Waals surface area contributed by atoms with Crippen LogP contribution in [0.1, 0.15) is 72.5 Å². The molecule has 0 amide bonds. The van der Waals surface area contributed by atoms with Crippen LogP contribution in [0.2, 0.25) is 0 Å². The minimum Gasteiger partial charge on any atom is -0.496 e. The lowest BCUT2D eigenvalue weighted by Gasteiger charge is -2.21. The maximum Gasteiger partial charge on any atom is 0.129 e. The Bertz CT molecular complexity index is 2130. The predicted octanol–water partition coefficient (Wildman–Crippen LogP) is 11.6. The van der Waals surface area contributed by atoms with Crippen LogP contribution in [0.3, 0.4) is 0 Å². The molecule has 7 rings (SSSR count). The Morgan fingerprint density at radius 3 is 2.37 bits per heavy atom. The topological polar surface area (TPSA) is 29.4 Å². The summed E-state index contributed by atoms with van der Waals surface area (Å²) >= 11 is 0. The molecule has 1 fully saturated rings. The molecular weight excluding hydrogens is 642 g/mol. The number of nitrogens with one attached hydrogen (secondary N) is 1. The van der Waals surface area contributed by atoms with Crippen molar-refractivity contribution in [3.05, 3.63) is 149 Å². The summed E-state index contributed by atoms with van der Waals surface area (Å²) in [4.78, 5) is 2.58. The molecule has 1 aromatic heterocycles. The van der Waals surface area contributed by atoms with Gasteiger partial charge in [-0.3, -0.25) is 0 Å². The lowest BCUT2D eigenvalue weighted by atomic mass is 9.95. The number of fused-ring (bicyclic) bond motifs is 1. The molecule has 0 bridgehead atoms. The zero-order valence-corrected chi connectivity index (χ0v) is 31.2. The summed E-state index contributed by atoms with van der Waals surface area (Å²) in [7, 11) is 1.70. The molecule has 267 valence electrons. The molecule has 0 unspecified atom stereocenters. The highest BCUT2D eigenvalue weighted by Gasteiger charge is 2.24. The van der Waals surface area contributed by atoms with Gasteiger partial charge in [0.1, 0.15) is 11.6 Å². The Hall–Kier alpha value is -4.87. The highest BCUT2D eigenvalue weighted by atomic mass is 19.1. The first-order valence-corrected chi connectivity index (χ1v) is 18.9. The maximum absolute atomic E-state index is 13.8. The fourth-order valence-electron chi connectivity index (χ4n) is 7.53. The van der Waals surface area contributed by atoms with E-state index in [1.807, 2.05) is 18.2 Å². The lowest BCUT2D eigenvalue weighted by molar-refractivity contribution is 0.271. The van der Waals surface area contributed by atoms with Crippen LogP contribution in [0.25, 0.3) is 33.3 Å². The number of nitrogens with zero attached hydrogens (tertiary/aromatic N) is 2. The number of methoxy groups -OCH3 is 1. The van der Waals surface area contributed by atoms with Gasteiger partial charge in [-0.1, -0.05) is 61.5 Å². The third-order valence-corrected chi connectivity index (χ3v) is 10.6. The Kier molecular flexibility index (Phi) is 10.8. The van der Waals surface area contributed by atoms with E-state index in [9.17, 15) is 4.39 Å². The third-order valence-electron chi connectivity index (χ3n) is 10.6. The summed E-state index contributed by atoms with van der Waals surface area (Å²) in [5, 5.41) is 5.14. The standard InChI is InChI=1S/C47H51FN3O/c1-6-8-25-50(24-7-2)26-9-27-51-33(4)32(3)42-29-35(12-23-44(42)51)28-34-10-13-38(14-11-34)47(39-17-18-39)49-41-30-43(36-15-16-36)46(45(31-41)52-5)37-19-21-40(48)22-20-37/h6,10-16,19-23,29-31,49H,1,7-9,17-18,24-28H2,2-5H3. The monoisotopic (exact) mass is 692 g/mol. The number of hydrogen-bond donors (Lipinski definition) is 1. The van der Waals surface area contributed by atoms with Gasteiger partial charge in [-0.2, -0.15) is 0 Å². The van der Waals surface area contributed by atoms with Crippen LogP contribution in [0.15, 0.2) is 103 Å². The van der Waals surface area contributed by atoms with Gasteiger partial charge in [-0.15, -0.1) is 6.58 Å². The molecule has 4 aromatic carbocycles. The van der Waals surface area contributed by atoms with Gasteiger partial charge in [0.15, 0.2) is 0 Å². The van der Waals surface area contributed by atoms with E-state index in [4.69, 9.17) is 4.74 Å². The molecule has 4 nitrogen and oxygen atoms in total. The molecule has 0 spiro atoms. The van der Waals surface area contributed by atoms with Crippen LogP contribution in [-0.4, -0.2) is 36.2 Å². The quantitative estimate of drug-likeness (QED) is 0.0984. The Labute approximate surface area is 309 Å². The molecule has 5 aromatic rings. The number of rotatable bonds is 17. The molecule has 0 saturated heterocycles. The first-order valence-electron chi connectivity index (χ1n) is 18.9. The van der Waals surface area contributed by atoms with Crippen LogP contribution < -0.4 is 10.1 Å². The molecule has 1 radical (unpaired) electrons. The minimum atomic E-state index is -0.247. The van der Waals surface area contributed by atoms with Crippen LogP contribution in [0, 0.1) is 26.1 Å². The number of hydrogen-bond acceptors (Lipinski definition) is 3. The highest BCUT2D eigenvalue weighted by molar-refractivity contribution is 5.98. The SMILES string of the molecule is C=CCCN(CCC)CCCn1c(C)c(C)c2cc(Cc3ccc(C(Nc4cc(OC)c(-c5ccc(F)cc5)c(C5=C[CH]5)c4)=C4CC4)cc3)ccc21. The molecule has 1 N–H and O–H groups in total. The van der Waals surface area contributed by atoms with Crippen LogP contribution in [-0.2, 0) is 13.0 Å². The Morgan fingerprint density at radius 1 is 0.942 bits per heavy atom. The van der Waals surface area contributed by atoms with E-state index < -0.39 is 0 Å². The second-order valence-electron chi connectivity index (χ2n) is 14.4. The summed E-state index contributed by atoms with van der Waals surface area (Å²) in [5.74, 6) is 0.516. The van der Waals surface area contributed by atoms with Crippen molar-refractivity contribution in [2.24, 2.45) is 0 Å². The molecule has 52 heavy (non-hydrogen) atoms. The van der Waals surface area contributed by atoms with Crippen molar-refractivity contribution in [1.29, 1.82) is 0 Å². The second-order valence-corrected chi connectivity index (χ2v) is 14.4. The van der Waals surface area contributed by atoms with Crippen LogP contribution in [0.5, 0.6) is 5.75 Å². The number of halogens is 1. The van der Waals surface area contributed by atoms with E-state index in [0.29, 0.717) is 0 Å². The molecule has 1 saturated carbocycles. The molecule has 0 atom stereocenters. The number of benzene rings is 4. The lowest BCUT2D eigenvalue weighted by Crippen LogP contribution is -2.27. The summed E-state index contributed by atoms with van der Waals surface area (Å²) in [6, 6.07) is 27.0. The first-order chi connectivity index (χ1) is 25.4. The molecule has 5 heteroatoms. The fourth-order valence-corrected chi connectivity index (χ4v) is 7.53. The summed E-state index contributed by atoms with van der Waals surface area (Å²) in [6.45, 7) is 15.1. The molecule has 2 aliphatic carbocycles. The highest BCUT2D eigenvalue weighted by Crippen LogP contribution is 2.45. The fraction of sp³-hybridized carbons (Fsp3) is 0.298. The van der Waals surface area contributed by atoms with E-state index in [1.54, 1.807) is 7.11 Å². The molecule has 2 aliphatic rings. The van der Waals surface area contributed by atoms with Crippen LogP contribution >= 0.6 is 0 Å². The van der Waals surface area contributed by atoms with Gasteiger partial charge in [0, 0.05) is 59.1 Å².